The van der Waals surface area contributed by atoms with Crippen molar-refractivity contribution in [2.45, 2.75) is 6.18 Å². The van der Waals surface area contributed by atoms with Crippen LogP contribution in [0.1, 0.15) is 36.6 Å². The minimum absolute atomic E-state index is 0.0848. The number of hydrogen-bond acceptors (Lipinski definition) is 8. The van der Waals surface area contributed by atoms with Gasteiger partial charge in [0, 0.05) is 23.2 Å². The van der Waals surface area contributed by atoms with Gasteiger partial charge in [-0.2, -0.15) is 13.2 Å². The Bertz CT molecular complexity index is 1250. The Kier molecular flexibility index (Phi) is 10.8. The third-order valence-electron chi connectivity index (χ3n) is 4.12. The van der Waals surface area contributed by atoms with Crippen LogP contribution in [0.25, 0.3) is 6.08 Å². The molecule has 5 N–H and O–H groups in total. The standard InChI is InChI=1S/C21H17NO8.C2HF3O2/c22-9-10-30-14-5-1-4-13(11-14)16(23)8-7-12-3-2-6-15(18(24)20(26)27)17(12)19(25)21(28)29;3-2(4,5)1(6)7/h1-8,11H,9-10,22H2,(H,26,27)(H,28,29);(H,6,7). The maximum atomic E-state index is 12.5. The molecule has 37 heavy (non-hydrogen) atoms. The lowest BCUT2D eigenvalue weighted by molar-refractivity contribution is -0.192. The first kappa shape index (κ1) is 30.2. The Balaban J connectivity index is 0.000000856. The SMILES string of the molecule is NCCOc1cccc(C(=O)C=Cc2cccc(C(=O)C(=O)O)c2C(=O)C(=O)O)c1.O=C(O)C(F)(F)F. The molecule has 0 saturated carbocycles. The molecule has 0 unspecified atom stereocenters. The van der Waals surface area contributed by atoms with Gasteiger partial charge in [-0.15, -0.1) is 0 Å². The van der Waals surface area contributed by atoms with E-state index >= 15 is 0 Å². The fourth-order valence-corrected chi connectivity index (χ4v) is 2.55. The number of carbonyl (C=O) groups excluding carboxylic acids is 3. The number of rotatable bonds is 10. The van der Waals surface area contributed by atoms with Crippen LogP contribution in [0.4, 0.5) is 13.2 Å². The van der Waals surface area contributed by atoms with Crippen LogP contribution in [0.3, 0.4) is 0 Å². The van der Waals surface area contributed by atoms with Gasteiger partial charge in [0.05, 0.1) is 0 Å². The number of Topliss-reactive ketones (excluding diaryl/α,β-unsaturated/α-hetero) is 2. The minimum Gasteiger partial charge on any atom is -0.492 e. The second-order valence-corrected chi connectivity index (χ2v) is 6.70. The first-order valence-corrected chi connectivity index (χ1v) is 9.84. The van der Waals surface area contributed by atoms with Crippen LogP contribution in [0.2, 0.25) is 0 Å². The second kappa shape index (κ2) is 13.3. The van der Waals surface area contributed by atoms with Crippen LogP contribution in [0, 0.1) is 0 Å². The van der Waals surface area contributed by atoms with Crippen LogP contribution in [-0.2, 0) is 14.4 Å². The largest absolute Gasteiger partial charge is 0.492 e. The average molecular weight is 525 g/mol. The number of benzene rings is 2. The van der Waals surface area contributed by atoms with E-state index in [2.05, 4.69) is 0 Å². The van der Waals surface area contributed by atoms with Crippen molar-refractivity contribution in [3.8, 4) is 5.75 Å². The summed E-state index contributed by atoms with van der Waals surface area (Å²) in [5.74, 6) is -9.44. The maximum Gasteiger partial charge on any atom is 0.490 e. The molecule has 0 spiro atoms. The van der Waals surface area contributed by atoms with E-state index in [1.807, 2.05) is 0 Å². The molecular formula is C23H18F3NO10. The fraction of sp³-hybridized carbons (Fsp3) is 0.130. The molecule has 0 amide bonds. The van der Waals surface area contributed by atoms with E-state index < -0.39 is 52.6 Å². The van der Waals surface area contributed by atoms with E-state index in [9.17, 15) is 37.1 Å². The van der Waals surface area contributed by atoms with Crippen LogP contribution in [0.5, 0.6) is 5.75 Å². The molecule has 0 bridgehead atoms. The molecule has 2 rings (SSSR count). The fourth-order valence-electron chi connectivity index (χ4n) is 2.55. The number of aliphatic carboxylic acids is 3. The Morgan fingerprint density at radius 3 is 1.97 bits per heavy atom. The number of halogens is 3. The Hall–Kier alpha value is -4.85. The van der Waals surface area contributed by atoms with Crippen LogP contribution in [0.15, 0.2) is 48.5 Å². The average Bonchev–Trinajstić information content (AvgIpc) is 2.84. The third kappa shape index (κ3) is 9.03. The highest BCUT2D eigenvalue weighted by Crippen LogP contribution is 2.20. The van der Waals surface area contributed by atoms with Gasteiger partial charge in [0.1, 0.15) is 12.4 Å². The summed E-state index contributed by atoms with van der Waals surface area (Å²) in [7, 11) is 0. The zero-order chi connectivity index (χ0) is 28.3. The lowest BCUT2D eigenvalue weighted by Crippen LogP contribution is -2.22. The number of allylic oxidation sites excluding steroid dienone is 1. The van der Waals surface area contributed by atoms with Crippen molar-refractivity contribution in [1.82, 2.24) is 0 Å². The van der Waals surface area contributed by atoms with Crippen molar-refractivity contribution in [2.75, 3.05) is 13.2 Å². The quantitative estimate of drug-likeness (QED) is 0.201. The highest BCUT2D eigenvalue weighted by Gasteiger charge is 2.38. The summed E-state index contributed by atoms with van der Waals surface area (Å²) < 4.78 is 37.1. The number of ether oxygens (including phenoxy) is 1. The topological polar surface area (TPSA) is 198 Å². The van der Waals surface area contributed by atoms with Crippen molar-refractivity contribution < 1.29 is 62.0 Å². The van der Waals surface area contributed by atoms with Gasteiger partial charge in [0.2, 0.25) is 0 Å². The van der Waals surface area contributed by atoms with Gasteiger partial charge in [0.15, 0.2) is 5.78 Å². The van der Waals surface area contributed by atoms with Crippen molar-refractivity contribution in [2.24, 2.45) is 5.73 Å². The predicted molar refractivity (Wildman–Crippen MR) is 118 cm³/mol. The number of nitrogens with two attached hydrogens (primary N) is 1. The highest BCUT2D eigenvalue weighted by molar-refractivity contribution is 6.47. The molecule has 0 radical (unpaired) electrons. The summed E-state index contributed by atoms with van der Waals surface area (Å²) in [6, 6.07) is 9.84. The van der Waals surface area contributed by atoms with Crippen molar-refractivity contribution in [1.29, 1.82) is 0 Å². The summed E-state index contributed by atoms with van der Waals surface area (Å²) in [4.78, 5) is 67.5. The van der Waals surface area contributed by atoms with Crippen LogP contribution >= 0.6 is 0 Å². The Morgan fingerprint density at radius 2 is 1.46 bits per heavy atom. The monoisotopic (exact) mass is 525 g/mol. The molecular weight excluding hydrogens is 507 g/mol. The van der Waals surface area contributed by atoms with E-state index in [1.165, 1.54) is 24.3 Å². The van der Waals surface area contributed by atoms with E-state index in [-0.39, 0.29) is 17.7 Å². The molecule has 0 fully saturated rings. The molecule has 0 atom stereocenters. The van der Waals surface area contributed by atoms with Crippen molar-refractivity contribution in [3.05, 3.63) is 70.8 Å². The summed E-state index contributed by atoms with van der Waals surface area (Å²) >= 11 is 0. The van der Waals surface area contributed by atoms with Gasteiger partial charge in [-0.25, -0.2) is 14.4 Å². The lowest BCUT2D eigenvalue weighted by Gasteiger charge is -2.08. The minimum atomic E-state index is -5.08. The van der Waals surface area contributed by atoms with E-state index in [0.717, 1.165) is 18.2 Å². The Labute approximate surface area is 205 Å². The maximum absolute atomic E-state index is 12.5. The summed E-state index contributed by atoms with van der Waals surface area (Å²) in [5.41, 5.74) is 4.34. The van der Waals surface area contributed by atoms with Crippen molar-refractivity contribution >= 4 is 41.3 Å². The number of hydrogen-bond donors (Lipinski definition) is 4. The molecule has 2 aromatic carbocycles. The molecule has 14 heteroatoms. The predicted octanol–water partition coefficient (Wildman–Crippen LogP) is 2.09. The van der Waals surface area contributed by atoms with E-state index in [4.69, 9.17) is 30.6 Å². The zero-order valence-corrected chi connectivity index (χ0v) is 18.5. The number of ketones is 3. The smallest absolute Gasteiger partial charge is 0.490 e. The molecule has 0 aliphatic carbocycles. The molecule has 11 nitrogen and oxygen atoms in total. The third-order valence-corrected chi connectivity index (χ3v) is 4.12. The van der Waals surface area contributed by atoms with Gasteiger partial charge in [-0.1, -0.05) is 30.3 Å². The number of carboxylic acids is 3. The lowest BCUT2D eigenvalue weighted by atomic mass is 9.94. The van der Waals surface area contributed by atoms with Crippen LogP contribution < -0.4 is 10.5 Å². The molecule has 196 valence electrons. The van der Waals surface area contributed by atoms with E-state index in [0.29, 0.717) is 12.3 Å². The van der Waals surface area contributed by atoms with Crippen molar-refractivity contribution in [3.63, 3.8) is 0 Å². The second-order valence-electron chi connectivity index (χ2n) is 6.70. The normalized spacial score (nSPS) is 10.7. The molecule has 0 aliphatic rings. The highest BCUT2D eigenvalue weighted by atomic mass is 19.4. The number of carboxylic acid groups (broad SMARTS) is 3. The van der Waals surface area contributed by atoms with Gasteiger partial charge in [0.25, 0.3) is 11.6 Å². The summed E-state index contributed by atoms with van der Waals surface area (Å²) in [6.07, 6.45) is -2.87. The molecule has 2 aromatic rings. The Morgan fingerprint density at radius 1 is 0.892 bits per heavy atom. The molecule has 0 aliphatic heterocycles. The zero-order valence-electron chi connectivity index (χ0n) is 18.5. The molecule has 0 saturated heterocycles. The summed E-state index contributed by atoms with van der Waals surface area (Å²) in [6.45, 7) is 0.558. The van der Waals surface area contributed by atoms with Gasteiger partial charge in [-0.3, -0.25) is 14.4 Å². The molecule has 0 heterocycles. The summed E-state index contributed by atoms with van der Waals surface area (Å²) in [5, 5.41) is 25.1. The van der Waals surface area contributed by atoms with E-state index in [1.54, 1.807) is 12.1 Å². The first-order valence-electron chi connectivity index (χ1n) is 9.84. The molecule has 0 aromatic heterocycles. The first-order chi connectivity index (χ1) is 17.2. The number of carbonyl (C=O) groups is 6. The number of alkyl halides is 3. The van der Waals surface area contributed by atoms with Gasteiger partial charge in [-0.05, 0) is 29.8 Å². The van der Waals surface area contributed by atoms with Crippen LogP contribution in [-0.4, -0.2) is 69.9 Å². The van der Waals surface area contributed by atoms with Gasteiger partial charge < -0.3 is 25.8 Å². The van der Waals surface area contributed by atoms with Gasteiger partial charge >= 0.3 is 24.1 Å².